The van der Waals surface area contributed by atoms with Gasteiger partial charge in [-0.2, -0.15) is 0 Å². The summed E-state index contributed by atoms with van der Waals surface area (Å²) in [7, 11) is -3.85. The number of carbonyl (C=O) groups is 1. The van der Waals surface area contributed by atoms with Crippen molar-refractivity contribution in [1.29, 1.82) is 0 Å². The third-order valence-electron chi connectivity index (χ3n) is 3.46. The molecule has 0 saturated carbocycles. The van der Waals surface area contributed by atoms with Crippen molar-refractivity contribution in [2.75, 3.05) is 10.0 Å². The maximum absolute atomic E-state index is 13.3. The maximum atomic E-state index is 13.3. The monoisotopic (exact) mass is 320 g/mol. The van der Waals surface area contributed by atoms with Gasteiger partial charge in [0.15, 0.2) is 0 Å². The molecule has 2 N–H and O–H groups in total. The molecule has 0 aliphatic carbocycles. The van der Waals surface area contributed by atoms with Gasteiger partial charge in [-0.15, -0.1) is 0 Å². The molecule has 0 radical (unpaired) electrons. The number of hydrogen-bond donors (Lipinski definition) is 2. The summed E-state index contributed by atoms with van der Waals surface area (Å²) in [6.45, 7) is 1.68. The van der Waals surface area contributed by atoms with Crippen molar-refractivity contribution in [3.63, 3.8) is 0 Å². The first kappa shape index (κ1) is 14.5. The van der Waals surface area contributed by atoms with E-state index in [4.69, 9.17) is 0 Å². The molecule has 22 heavy (non-hydrogen) atoms. The molecule has 1 heterocycles. The Hall–Kier alpha value is -2.41. The number of halogens is 1. The van der Waals surface area contributed by atoms with Crippen LogP contribution in [0.5, 0.6) is 0 Å². The first-order valence-electron chi connectivity index (χ1n) is 6.57. The van der Waals surface area contributed by atoms with Crippen molar-refractivity contribution in [2.45, 2.75) is 18.2 Å². The average molecular weight is 320 g/mol. The van der Waals surface area contributed by atoms with E-state index in [9.17, 15) is 17.6 Å². The third-order valence-corrected chi connectivity index (χ3v) is 4.82. The summed E-state index contributed by atoms with van der Waals surface area (Å²) in [6, 6.07) is 8.29. The highest BCUT2D eigenvalue weighted by atomic mass is 32.2. The van der Waals surface area contributed by atoms with Crippen molar-refractivity contribution in [3.05, 3.63) is 53.3 Å². The number of fused-ring (bicyclic) bond motifs is 1. The van der Waals surface area contributed by atoms with Crippen LogP contribution in [0.4, 0.5) is 15.8 Å². The highest BCUT2D eigenvalue weighted by Crippen LogP contribution is 2.27. The molecule has 0 atom stereocenters. The average Bonchev–Trinajstić information content (AvgIpc) is 2.81. The van der Waals surface area contributed by atoms with Gasteiger partial charge < -0.3 is 5.32 Å². The number of rotatable bonds is 3. The summed E-state index contributed by atoms with van der Waals surface area (Å²) < 4.78 is 40.5. The first-order chi connectivity index (χ1) is 10.3. The summed E-state index contributed by atoms with van der Waals surface area (Å²) in [6.07, 6.45) is 0.150. The normalized spacial score (nSPS) is 13.6. The predicted octanol–water partition coefficient (Wildman–Crippen LogP) is 2.43. The van der Waals surface area contributed by atoms with Crippen LogP contribution in [0.2, 0.25) is 0 Å². The van der Waals surface area contributed by atoms with Crippen molar-refractivity contribution >= 4 is 27.3 Å². The fraction of sp³-hybridized carbons (Fsp3) is 0.133. The molecule has 0 spiro atoms. The third kappa shape index (κ3) is 2.67. The minimum atomic E-state index is -3.85. The van der Waals surface area contributed by atoms with E-state index in [2.05, 4.69) is 10.0 Å². The van der Waals surface area contributed by atoms with Crippen molar-refractivity contribution in [3.8, 4) is 0 Å². The lowest BCUT2D eigenvalue weighted by Crippen LogP contribution is -2.14. The van der Waals surface area contributed by atoms with Gasteiger partial charge >= 0.3 is 0 Å². The van der Waals surface area contributed by atoms with Gasteiger partial charge in [0.25, 0.3) is 10.0 Å². The van der Waals surface area contributed by atoms with Gasteiger partial charge in [-0.3, -0.25) is 9.52 Å². The lowest BCUT2D eigenvalue weighted by atomic mass is 10.2. The molecule has 114 valence electrons. The van der Waals surface area contributed by atoms with Crippen LogP contribution >= 0.6 is 0 Å². The van der Waals surface area contributed by atoms with E-state index in [0.29, 0.717) is 16.8 Å². The van der Waals surface area contributed by atoms with Crippen LogP contribution in [-0.2, 0) is 21.2 Å². The molecular formula is C15H13FN2O3S. The number of aryl methyl sites for hydroxylation is 1. The van der Waals surface area contributed by atoms with Crippen LogP contribution in [-0.4, -0.2) is 14.3 Å². The zero-order valence-electron chi connectivity index (χ0n) is 11.7. The zero-order chi connectivity index (χ0) is 15.9. The van der Waals surface area contributed by atoms with E-state index < -0.39 is 15.8 Å². The van der Waals surface area contributed by atoms with Crippen molar-refractivity contribution in [2.24, 2.45) is 0 Å². The van der Waals surface area contributed by atoms with Crippen LogP contribution < -0.4 is 10.0 Å². The smallest absolute Gasteiger partial charge is 0.261 e. The van der Waals surface area contributed by atoms with Crippen molar-refractivity contribution in [1.82, 2.24) is 0 Å². The molecule has 0 saturated heterocycles. The molecule has 2 aromatic carbocycles. The van der Waals surface area contributed by atoms with Gasteiger partial charge in [-0.25, -0.2) is 12.8 Å². The summed E-state index contributed by atoms with van der Waals surface area (Å²) in [5.41, 5.74) is 2.05. The molecule has 0 unspecified atom stereocenters. The maximum Gasteiger partial charge on any atom is 0.261 e. The lowest BCUT2D eigenvalue weighted by molar-refractivity contribution is -0.115. The van der Waals surface area contributed by atoms with Crippen LogP contribution in [0.25, 0.3) is 0 Å². The first-order valence-corrected chi connectivity index (χ1v) is 8.05. The van der Waals surface area contributed by atoms with Gasteiger partial charge in [-0.05, 0) is 48.4 Å². The number of sulfonamides is 1. The summed E-state index contributed by atoms with van der Waals surface area (Å²) in [5, 5.41) is 2.64. The standard InChI is InChI=1S/C15H13FN2O3S/c1-9-2-3-11(16)8-14(9)18-22(20,21)12-4-5-13-10(6-12)7-15(19)17-13/h2-6,8,18H,7H2,1H3,(H,17,19). The summed E-state index contributed by atoms with van der Waals surface area (Å²) in [5.74, 6) is -0.689. The summed E-state index contributed by atoms with van der Waals surface area (Å²) >= 11 is 0. The molecule has 0 bridgehead atoms. The minimum Gasteiger partial charge on any atom is -0.326 e. The lowest BCUT2D eigenvalue weighted by Gasteiger charge is -2.11. The second-order valence-electron chi connectivity index (χ2n) is 5.11. The van der Waals surface area contributed by atoms with E-state index in [1.165, 1.54) is 24.3 Å². The number of amides is 1. The Labute approximate surface area is 127 Å². The molecule has 1 aliphatic rings. The van der Waals surface area contributed by atoms with Crippen LogP contribution in [0.1, 0.15) is 11.1 Å². The molecular weight excluding hydrogens is 307 g/mol. The topological polar surface area (TPSA) is 75.3 Å². The second kappa shape index (κ2) is 5.10. The number of hydrogen-bond acceptors (Lipinski definition) is 3. The second-order valence-corrected chi connectivity index (χ2v) is 6.79. The molecule has 7 heteroatoms. The molecule has 1 amide bonds. The quantitative estimate of drug-likeness (QED) is 0.912. The summed E-state index contributed by atoms with van der Waals surface area (Å²) in [4.78, 5) is 11.4. The van der Waals surface area contributed by atoms with Gasteiger partial charge in [0.05, 0.1) is 17.0 Å². The van der Waals surface area contributed by atoms with Gasteiger partial charge in [0.1, 0.15) is 5.82 Å². The van der Waals surface area contributed by atoms with Crippen LogP contribution in [0.15, 0.2) is 41.3 Å². The Kier molecular flexibility index (Phi) is 3.37. The van der Waals surface area contributed by atoms with Gasteiger partial charge in [0.2, 0.25) is 5.91 Å². The highest BCUT2D eigenvalue weighted by Gasteiger charge is 2.22. The Morgan fingerprint density at radius 3 is 2.73 bits per heavy atom. The van der Waals surface area contributed by atoms with E-state index >= 15 is 0 Å². The molecule has 5 nitrogen and oxygen atoms in total. The number of benzene rings is 2. The zero-order valence-corrected chi connectivity index (χ0v) is 12.5. The highest BCUT2D eigenvalue weighted by molar-refractivity contribution is 7.92. The van der Waals surface area contributed by atoms with E-state index in [1.807, 2.05) is 0 Å². The number of nitrogens with one attached hydrogen (secondary N) is 2. The Morgan fingerprint density at radius 2 is 1.95 bits per heavy atom. The molecule has 0 fully saturated rings. The minimum absolute atomic E-state index is 0.0337. The SMILES string of the molecule is Cc1ccc(F)cc1NS(=O)(=O)c1ccc2c(c1)CC(=O)N2. The molecule has 3 rings (SSSR count). The Morgan fingerprint density at radius 1 is 1.18 bits per heavy atom. The van der Waals surface area contributed by atoms with Gasteiger partial charge in [0, 0.05) is 5.69 Å². The van der Waals surface area contributed by atoms with Crippen LogP contribution in [0.3, 0.4) is 0 Å². The number of anilines is 2. The fourth-order valence-corrected chi connectivity index (χ4v) is 3.45. The van der Waals surface area contributed by atoms with E-state index in [1.54, 1.807) is 13.0 Å². The Bertz CT molecular complexity index is 878. The number of carbonyl (C=O) groups excluding carboxylic acids is 1. The van der Waals surface area contributed by atoms with Gasteiger partial charge in [-0.1, -0.05) is 6.07 Å². The van der Waals surface area contributed by atoms with E-state index in [0.717, 1.165) is 6.07 Å². The molecule has 1 aliphatic heterocycles. The predicted molar refractivity (Wildman–Crippen MR) is 80.7 cm³/mol. The molecule has 2 aromatic rings. The Balaban J connectivity index is 1.95. The fourth-order valence-electron chi connectivity index (χ4n) is 2.28. The largest absolute Gasteiger partial charge is 0.326 e. The van der Waals surface area contributed by atoms with Crippen molar-refractivity contribution < 1.29 is 17.6 Å². The van der Waals surface area contributed by atoms with Crippen LogP contribution in [0, 0.1) is 12.7 Å². The van der Waals surface area contributed by atoms with E-state index in [-0.39, 0.29) is 22.9 Å². The molecule has 0 aromatic heterocycles.